The van der Waals surface area contributed by atoms with E-state index in [-0.39, 0.29) is 11.9 Å². The first-order valence-electron chi connectivity index (χ1n) is 6.85. The summed E-state index contributed by atoms with van der Waals surface area (Å²) < 4.78 is 15.2. The van der Waals surface area contributed by atoms with E-state index in [9.17, 15) is 9.59 Å². The monoisotopic (exact) mass is 296 g/mol. The van der Waals surface area contributed by atoms with Crippen LogP contribution in [0.15, 0.2) is 22.8 Å². The Kier molecular flexibility index (Phi) is 5.35. The van der Waals surface area contributed by atoms with Crippen LogP contribution in [0.5, 0.6) is 0 Å². The molecule has 1 fully saturated rings. The molecule has 0 spiro atoms. The Balaban J connectivity index is 1.84. The maximum atomic E-state index is 12.1. The van der Waals surface area contributed by atoms with Gasteiger partial charge in [-0.1, -0.05) is 0 Å². The van der Waals surface area contributed by atoms with E-state index < -0.39 is 12.1 Å². The van der Waals surface area contributed by atoms with Crippen LogP contribution in [-0.2, 0) is 25.6 Å². The SMILES string of the molecule is COC(=O)C1CN(C(C)C(=O)NCc2ccco2)CCO1. The number of carbonyl (C=O) groups is 2. The lowest BCUT2D eigenvalue weighted by Gasteiger charge is -2.34. The van der Waals surface area contributed by atoms with E-state index in [4.69, 9.17) is 9.15 Å². The molecular formula is C14H20N2O5. The summed E-state index contributed by atoms with van der Waals surface area (Å²) in [5.41, 5.74) is 0. The van der Waals surface area contributed by atoms with Gasteiger partial charge in [-0.15, -0.1) is 0 Å². The van der Waals surface area contributed by atoms with Crippen molar-refractivity contribution in [3.63, 3.8) is 0 Å². The van der Waals surface area contributed by atoms with Crippen LogP contribution >= 0.6 is 0 Å². The van der Waals surface area contributed by atoms with Gasteiger partial charge in [0.25, 0.3) is 0 Å². The third-order valence-corrected chi connectivity index (χ3v) is 3.51. The quantitative estimate of drug-likeness (QED) is 0.780. The Morgan fingerprint density at radius 1 is 1.57 bits per heavy atom. The molecule has 7 nitrogen and oxygen atoms in total. The van der Waals surface area contributed by atoms with E-state index >= 15 is 0 Å². The van der Waals surface area contributed by atoms with Crippen LogP contribution in [0.3, 0.4) is 0 Å². The van der Waals surface area contributed by atoms with E-state index in [0.29, 0.717) is 32.0 Å². The predicted molar refractivity (Wildman–Crippen MR) is 73.3 cm³/mol. The number of morpholine rings is 1. The van der Waals surface area contributed by atoms with Crippen molar-refractivity contribution >= 4 is 11.9 Å². The van der Waals surface area contributed by atoms with E-state index in [1.165, 1.54) is 7.11 Å². The Hall–Kier alpha value is -1.86. The number of esters is 1. The zero-order valence-corrected chi connectivity index (χ0v) is 12.2. The minimum absolute atomic E-state index is 0.114. The minimum atomic E-state index is -0.635. The molecule has 2 heterocycles. The van der Waals surface area contributed by atoms with Gasteiger partial charge in [-0.05, 0) is 19.1 Å². The number of methoxy groups -OCH3 is 1. The molecule has 116 valence electrons. The summed E-state index contributed by atoms with van der Waals surface area (Å²) in [6.07, 6.45) is 0.928. The van der Waals surface area contributed by atoms with Crippen molar-refractivity contribution in [2.24, 2.45) is 0 Å². The second kappa shape index (κ2) is 7.24. The summed E-state index contributed by atoms with van der Waals surface area (Å²) >= 11 is 0. The topological polar surface area (TPSA) is 81.0 Å². The lowest BCUT2D eigenvalue weighted by molar-refractivity contribution is -0.161. The molecule has 0 saturated carbocycles. The van der Waals surface area contributed by atoms with Crippen LogP contribution in [0.25, 0.3) is 0 Å². The smallest absolute Gasteiger partial charge is 0.336 e. The van der Waals surface area contributed by atoms with Gasteiger partial charge in [0.05, 0.1) is 32.6 Å². The molecule has 2 atom stereocenters. The van der Waals surface area contributed by atoms with Crippen LogP contribution < -0.4 is 5.32 Å². The molecule has 0 radical (unpaired) electrons. The Morgan fingerprint density at radius 2 is 2.38 bits per heavy atom. The highest BCUT2D eigenvalue weighted by molar-refractivity contribution is 5.81. The first-order chi connectivity index (χ1) is 10.1. The number of furan rings is 1. The largest absolute Gasteiger partial charge is 0.467 e. The Labute approximate surface area is 123 Å². The summed E-state index contributed by atoms with van der Waals surface area (Å²) in [6.45, 7) is 3.50. The fourth-order valence-corrected chi connectivity index (χ4v) is 2.20. The van der Waals surface area contributed by atoms with Crippen molar-refractivity contribution in [1.29, 1.82) is 0 Å². The van der Waals surface area contributed by atoms with Crippen LogP contribution in [0.1, 0.15) is 12.7 Å². The molecule has 1 aromatic heterocycles. The van der Waals surface area contributed by atoms with E-state index in [0.717, 1.165) is 0 Å². The van der Waals surface area contributed by atoms with Gasteiger partial charge in [-0.3, -0.25) is 9.69 Å². The zero-order valence-electron chi connectivity index (χ0n) is 12.2. The number of amides is 1. The van der Waals surface area contributed by atoms with Crippen LogP contribution in [-0.4, -0.2) is 55.7 Å². The van der Waals surface area contributed by atoms with Crippen LogP contribution in [0, 0.1) is 0 Å². The number of rotatable bonds is 5. The number of nitrogens with zero attached hydrogens (tertiary/aromatic N) is 1. The average molecular weight is 296 g/mol. The molecule has 0 aromatic carbocycles. The summed E-state index contributed by atoms with van der Waals surface area (Å²) in [5, 5.41) is 2.81. The van der Waals surface area contributed by atoms with Gasteiger partial charge in [0.2, 0.25) is 5.91 Å². The van der Waals surface area contributed by atoms with Crippen molar-refractivity contribution in [2.45, 2.75) is 25.6 Å². The van der Waals surface area contributed by atoms with Gasteiger partial charge in [0, 0.05) is 13.1 Å². The summed E-state index contributed by atoms with van der Waals surface area (Å²) in [7, 11) is 1.32. The minimum Gasteiger partial charge on any atom is -0.467 e. The molecule has 1 aliphatic heterocycles. The summed E-state index contributed by atoms with van der Waals surface area (Å²) in [6, 6.07) is 3.22. The molecule has 7 heteroatoms. The lowest BCUT2D eigenvalue weighted by atomic mass is 10.2. The Bertz CT molecular complexity index is 474. The van der Waals surface area contributed by atoms with Gasteiger partial charge < -0.3 is 19.2 Å². The third kappa shape index (κ3) is 4.05. The van der Waals surface area contributed by atoms with Crippen molar-refractivity contribution in [3.8, 4) is 0 Å². The third-order valence-electron chi connectivity index (χ3n) is 3.51. The number of hydrogen-bond donors (Lipinski definition) is 1. The molecular weight excluding hydrogens is 276 g/mol. The highest BCUT2D eigenvalue weighted by Gasteiger charge is 2.32. The molecule has 0 bridgehead atoms. The second-order valence-corrected chi connectivity index (χ2v) is 4.85. The molecule has 1 saturated heterocycles. The van der Waals surface area contributed by atoms with Crippen LogP contribution in [0.2, 0.25) is 0 Å². The van der Waals surface area contributed by atoms with Gasteiger partial charge in [0.1, 0.15) is 5.76 Å². The van der Waals surface area contributed by atoms with Gasteiger partial charge in [0.15, 0.2) is 6.10 Å². The summed E-state index contributed by atoms with van der Waals surface area (Å²) in [5.74, 6) is 0.171. The van der Waals surface area contributed by atoms with Crippen molar-refractivity contribution in [2.75, 3.05) is 26.8 Å². The number of carbonyl (C=O) groups excluding carboxylic acids is 2. The first-order valence-corrected chi connectivity index (χ1v) is 6.85. The van der Waals surface area contributed by atoms with Gasteiger partial charge >= 0.3 is 5.97 Å². The lowest BCUT2D eigenvalue weighted by Crippen LogP contribution is -2.54. The second-order valence-electron chi connectivity index (χ2n) is 4.85. The normalized spacial score (nSPS) is 20.8. The van der Waals surface area contributed by atoms with Crippen molar-refractivity contribution in [3.05, 3.63) is 24.2 Å². The predicted octanol–water partition coefficient (Wildman–Crippen LogP) is 0.158. The fraction of sp³-hybridized carbons (Fsp3) is 0.571. The van der Waals surface area contributed by atoms with Gasteiger partial charge in [-0.2, -0.15) is 0 Å². The fourth-order valence-electron chi connectivity index (χ4n) is 2.20. The maximum absolute atomic E-state index is 12.1. The van der Waals surface area contributed by atoms with Crippen molar-refractivity contribution < 1.29 is 23.5 Å². The number of nitrogens with one attached hydrogen (secondary N) is 1. The maximum Gasteiger partial charge on any atom is 0.336 e. The Morgan fingerprint density at radius 3 is 3.05 bits per heavy atom. The van der Waals surface area contributed by atoms with E-state index in [1.807, 2.05) is 4.90 Å². The highest BCUT2D eigenvalue weighted by atomic mass is 16.6. The molecule has 1 N–H and O–H groups in total. The van der Waals surface area contributed by atoms with Crippen molar-refractivity contribution in [1.82, 2.24) is 10.2 Å². The highest BCUT2D eigenvalue weighted by Crippen LogP contribution is 2.11. The number of ether oxygens (including phenoxy) is 2. The zero-order chi connectivity index (χ0) is 15.2. The first kappa shape index (κ1) is 15.5. The molecule has 21 heavy (non-hydrogen) atoms. The van der Waals surface area contributed by atoms with E-state index in [1.54, 1.807) is 25.3 Å². The molecule has 2 unspecified atom stereocenters. The van der Waals surface area contributed by atoms with E-state index in [2.05, 4.69) is 10.1 Å². The number of hydrogen-bond acceptors (Lipinski definition) is 6. The van der Waals surface area contributed by atoms with Gasteiger partial charge in [-0.25, -0.2) is 4.79 Å². The standard InChI is InChI=1S/C14H20N2O5/c1-10(13(17)15-8-11-4-3-6-20-11)16-5-7-21-12(9-16)14(18)19-2/h3-4,6,10,12H,5,7-9H2,1-2H3,(H,15,17). The average Bonchev–Trinajstić information content (AvgIpc) is 3.04. The molecule has 0 aliphatic carbocycles. The molecule has 1 aliphatic rings. The molecule has 2 rings (SSSR count). The molecule has 1 aromatic rings. The molecule has 1 amide bonds. The summed E-state index contributed by atoms with van der Waals surface area (Å²) in [4.78, 5) is 25.5. The van der Waals surface area contributed by atoms with Crippen LogP contribution in [0.4, 0.5) is 0 Å².